The third-order valence-corrected chi connectivity index (χ3v) is 5.46. The molecular formula is C18H20F4N2O4. The standard InChI is InChI=1S/C18H20F4N2O4/c1-28-16(27)24(10-12-3-2-8-23(12)15(25)26)17(6-7-17)11-4-5-14(19)13(9-11)18(20,21)22/h4-5,9,12H,2-3,6-8,10H2,1H3,(H,25,26)/t12-/m0/s1. The van der Waals surface area contributed by atoms with Crippen LogP contribution in [0.15, 0.2) is 18.2 Å². The second-order valence-corrected chi connectivity index (χ2v) is 7.08. The summed E-state index contributed by atoms with van der Waals surface area (Å²) >= 11 is 0. The molecule has 154 valence electrons. The lowest BCUT2D eigenvalue weighted by molar-refractivity contribution is -0.140. The van der Waals surface area contributed by atoms with Crippen molar-refractivity contribution >= 4 is 12.2 Å². The monoisotopic (exact) mass is 404 g/mol. The summed E-state index contributed by atoms with van der Waals surface area (Å²) in [7, 11) is 1.15. The molecule has 1 aliphatic heterocycles. The Kier molecular flexibility index (Phi) is 5.16. The first-order chi connectivity index (χ1) is 13.1. The Morgan fingerprint density at radius 1 is 1.36 bits per heavy atom. The van der Waals surface area contributed by atoms with Gasteiger partial charge in [-0.15, -0.1) is 0 Å². The van der Waals surface area contributed by atoms with Crippen molar-refractivity contribution in [2.45, 2.75) is 43.4 Å². The molecule has 0 bridgehead atoms. The minimum absolute atomic E-state index is 0.00228. The molecule has 0 aromatic heterocycles. The van der Waals surface area contributed by atoms with Gasteiger partial charge in [-0.3, -0.25) is 4.90 Å². The number of carbonyl (C=O) groups excluding carboxylic acids is 1. The molecule has 3 rings (SSSR count). The number of hydrogen-bond donors (Lipinski definition) is 1. The number of halogens is 4. The van der Waals surface area contributed by atoms with Gasteiger partial charge in [0.2, 0.25) is 0 Å². The Bertz CT molecular complexity index is 779. The van der Waals surface area contributed by atoms with Crippen molar-refractivity contribution in [1.29, 1.82) is 0 Å². The first-order valence-corrected chi connectivity index (χ1v) is 8.82. The number of ether oxygens (including phenoxy) is 1. The van der Waals surface area contributed by atoms with Crippen LogP contribution in [-0.4, -0.2) is 53.3 Å². The van der Waals surface area contributed by atoms with Crippen LogP contribution in [0.25, 0.3) is 0 Å². The van der Waals surface area contributed by atoms with E-state index in [0.717, 1.165) is 19.2 Å². The molecule has 0 unspecified atom stereocenters. The first kappa shape index (κ1) is 20.2. The Balaban J connectivity index is 1.95. The maximum Gasteiger partial charge on any atom is 0.419 e. The molecule has 1 saturated carbocycles. The van der Waals surface area contributed by atoms with Crippen molar-refractivity contribution < 1.29 is 37.0 Å². The van der Waals surface area contributed by atoms with Gasteiger partial charge in [0.05, 0.1) is 24.3 Å². The molecule has 1 aromatic rings. The van der Waals surface area contributed by atoms with E-state index in [9.17, 15) is 32.3 Å². The Morgan fingerprint density at radius 3 is 2.57 bits per heavy atom. The predicted octanol–water partition coefficient (Wildman–Crippen LogP) is 4.04. The Labute approximate surface area is 158 Å². The fourth-order valence-electron chi connectivity index (χ4n) is 3.89. The van der Waals surface area contributed by atoms with Crippen LogP contribution in [0.1, 0.15) is 36.8 Å². The van der Waals surface area contributed by atoms with Gasteiger partial charge in [0.1, 0.15) is 5.82 Å². The number of carboxylic acid groups (broad SMARTS) is 1. The number of likely N-dealkylation sites (tertiary alicyclic amines) is 1. The topological polar surface area (TPSA) is 70.1 Å². The van der Waals surface area contributed by atoms with Crippen LogP contribution < -0.4 is 0 Å². The fourth-order valence-corrected chi connectivity index (χ4v) is 3.89. The zero-order chi connectivity index (χ0) is 20.7. The average molecular weight is 404 g/mol. The summed E-state index contributed by atoms with van der Waals surface area (Å²) in [5, 5.41) is 9.31. The van der Waals surface area contributed by atoms with Crippen molar-refractivity contribution in [1.82, 2.24) is 9.80 Å². The molecule has 1 aromatic carbocycles. The van der Waals surface area contributed by atoms with Crippen LogP contribution in [-0.2, 0) is 16.5 Å². The molecule has 2 amide bonds. The SMILES string of the molecule is COC(=O)N(C[C@@H]1CCCN1C(=O)O)C1(c2ccc(F)c(C(F)(F)F)c2)CC1. The van der Waals surface area contributed by atoms with Gasteiger partial charge in [0, 0.05) is 13.1 Å². The minimum atomic E-state index is -4.86. The summed E-state index contributed by atoms with van der Waals surface area (Å²) in [6.45, 7) is 0.328. The number of rotatable bonds is 4. The normalized spacial score (nSPS) is 20.8. The highest BCUT2D eigenvalue weighted by Crippen LogP contribution is 2.52. The molecular weight excluding hydrogens is 384 g/mol. The van der Waals surface area contributed by atoms with Crippen molar-refractivity contribution in [3.63, 3.8) is 0 Å². The fraction of sp³-hybridized carbons (Fsp3) is 0.556. The van der Waals surface area contributed by atoms with E-state index in [1.165, 1.54) is 15.9 Å². The second-order valence-electron chi connectivity index (χ2n) is 7.08. The van der Waals surface area contributed by atoms with Crippen molar-refractivity contribution in [3.8, 4) is 0 Å². The molecule has 2 aliphatic rings. The third kappa shape index (κ3) is 3.59. The van der Waals surface area contributed by atoms with Crippen LogP contribution in [0, 0.1) is 5.82 Å². The maximum absolute atomic E-state index is 13.7. The number of carbonyl (C=O) groups is 2. The van der Waals surface area contributed by atoms with Crippen LogP contribution in [0.3, 0.4) is 0 Å². The van der Waals surface area contributed by atoms with Crippen LogP contribution >= 0.6 is 0 Å². The van der Waals surface area contributed by atoms with Gasteiger partial charge in [-0.1, -0.05) is 6.07 Å². The van der Waals surface area contributed by atoms with Gasteiger partial charge < -0.3 is 14.7 Å². The summed E-state index contributed by atoms with van der Waals surface area (Å²) in [6.07, 6.45) is -4.81. The summed E-state index contributed by atoms with van der Waals surface area (Å²) in [4.78, 5) is 26.3. The van der Waals surface area contributed by atoms with E-state index in [4.69, 9.17) is 4.74 Å². The smallest absolute Gasteiger partial charge is 0.419 e. The van der Waals surface area contributed by atoms with E-state index >= 15 is 0 Å². The number of hydrogen-bond acceptors (Lipinski definition) is 3. The molecule has 0 radical (unpaired) electrons. The molecule has 1 saturated heterocycles. The highest BCUT2D eigenvalue weighted by atomic mass is 19.4. The Morgan fingerprint density at radius 2 is 2.04 bits per heavy atom. The number of methoxy groups -OCH3 is 1. The summed E-state index contributed by atoms with van der Waals surface area (Å²) in [6, 6.07) is 2.22. The molecule has 2 fully saturated rings. The van der Waals surface area contributed by atoms with Crippen LogP contribution in [0.5, 0.6) is 0 Å². The Hall–Kier alpha value is -2.52. The number of nitrogens with zero attached hydrogens (tertiary/aromatic N) is 2. The lowest BCUT2D eigenvalue weighted by atomic mass is 9.99. The average Bonchev–Trinajstić information content (AvgIpc) is 3.28. The van der Waals surface area contributed by atoms with Crippen molar-refractivity contribution in [2.24, 2.45) is 0 Å². The van der Waals surface area contributed by atoms with Gasteiger partial charge in [0.25, 0.3) is 0 Å². The van der Waals surface area contributed by atoms with E-state index in [1.807, 2.05) is 0 Å². The van der Waals surface area contributed by atoms with Gasteiger partial charge in [-0.2, -0.15) is 13.2 Å². The van der Waals surface area contributed by atoms with Gasteiger partial charge in [0.15, 0.2) is 0 Å². The molecule has 1 aliphatic carbocycles. The minimum Gasteiger partial charge on any atom is -0.465 e. The lowest BCUT2D eigenvalue weighted by Crippen LogP contribution is -2.49. The lowest BCUT2D eigenvalue weighted by Gasteiger charge is -2.35. The third-order valence-electron chi connectivity index (χ3n) is 5.46. The summed E-state index contributed by atoms with van der Waals surface area (Å²) in [5.41, 5.74) is -2.30. The van der Waals surface area contributed by atoms with Crippen molar-refractivity contribution in [3.05, 3.63) is 35.1 Å². The predicted molar refractivity (Wildman–Crippen MR) is 89.2 cm³/mol. The summed E-state index contributed by atoms with van der Waals surface area (Å²) in [5.74, 6) is -1.38. The molecule has 1 heterocycles. The quantitative estimate of drug-likeness (QED) is 0.769. The van der Waals surface area contributed by atoms with Crippen molar-refractivity contribution in [2.75, 3.05) is 20.2 Å². The zero-order valence-electron chi connectivity index (χ0n) is 15.1. The zero-order valence-corrected chi connectivity index (χ0v) is 15.1. The highest BCUT2D eigenvalue weighted by Gasteiger charge is 2.54. The van der Waals surface area contributed by atoms with Crippen LogP contribution in [0.2, 0.25) is 0 Å². The van der Waals surface area contributed by atoms with Gasteiger partial charge in [-0.05, 0) is 43.4 Å². The van der Waals surface area contributed by atoms with E-state index in [0.29, 0.717) is 32.2 Å². The molecule has 0 spiro atoms. The second kappa shape index (κ2) is 7.14. The number of amides is 2. The van der Waals surface area contributed by atoms with Gasteiger partial charge >= 0.3 is 18.4 Å². The molecule has 6 nitrogen and oxygen atoms in total. The number of benzene rings is 1. The van der Waals surface area contributed by atoms with E-state index < -0.39 is 41.3 Å². The van der Waals surface area contributed by atoms with E-state index in [1.54, 1.807) is 0 Å². The molecule has 28 heavy (non-hydrogen) atoms. The highest BCUT2D eigenvalue weighted by molar-refractivity contribution is 5.70. The molecule has 1 N–H and O–H groups in total. The largest absolute Gasteiger partial charge is 0.465 e. The van der Waals surface area contributed by atoms with E-state index in [2.05, 4.69) is 0 Å². The molecule has 10 heteroatoms. The van der Waals surface area contributed by atoms with Gasteiger partial charge in [-0.25, -0.2) is 14.0 Å². The number of alkyl halides is 3. The first-order valence-electron chi connectivity index (χ1n) is 8.82. The summed E-state index contributed by atoms with van der Waals surface area (Å²) < 4.78 is 57.8. The van der Waals surface area contributed by atoms with E-state index in [-0.39, 0.29) is 12.1 Å². The van der Waals surface area contributed by atoms with Crippen LogP contribution in [0.4, 0.5) is 27.2 Å². The molecule has 1 atom stereocenters. The maximum atomic E-state index is 13.7.